The quantitative estimate of drug-likeness (QED) is 0.564. The Labute approximate surface area is 173 Å². The number of nitrogens with zero attached hydrogens (tertiary/aromatic N) is 1. The zero-order valence-corrected chi connectivity index (χ0v) is 17.2. The van der Waals surface area contributed by atoms with Crippen LogP contribution in [-0.4, -0.2) is 54.1 Å². The highest BCUT2D eigenvalue weighted by atomic mass is 19.1. The number of rotatable bonds is 4. The topological polar surface area (TPSA) is 114 Å². The van der Waals surface area contributed by atoms with Crippen LogP contribution in [0.25, 0.3) is 0 Å². The van der Waals surface area contributed by atoms with Crippen LogP contribution >= 0.6 is 0 Å². The van der Waals surface area contributed by atoms with Crippen molar-refractivity contribution in [2.45, 2.75) is 39.2 Å². The largest absolute Gasteiger partial charge is 0.455 e. The lowest BCUT2D eigenvalue weighted by Crippen LogP contribution is -2.45. The molecule has 0 spiro atoms. The molecule has 164 valence electrons. The third kappa shape index (κ3) is 7.02. The number of ether oxygens (including phenoxy) is 2. The molecule has 1 heterocycles. The molecular formula is C20H26FN3O6. The Hall–Kier alpha value is -3.17. The van der Waals surface area contributed by atoms with Gasteiger partial charge in [0.25, 0.3) is 11.8 Å². The minimum absolute atomic E-state index is 0.230. The second-order valence-corrected chi connectivity index (χ2v) is 7.83. The number of carbonyl (C=O) groups excluding carboxylic acids is 4. The first-order valence-electron chi connectivity index (χ1n) is 9.55. The first-order valence-corrected chi connectivity index (χ1v) is 9.55. The third-order valence-corrected chi connectivity index (χ3v) is 4.26. The standard InChI is InChI=1S/C20H26FN3O6/c1-20(2,3)30-19(28)24-10-8-13(9-11-24)18(27)29-12-16(25)22-23-17(26)14-6-4-5-7-15(14)21/h4-7,13H,8-12H2,1-3H3,(H,22,25)(H,23,26). The van der Waals surface area contributed by atoms with E-state index in [9.17, 15) is 23.6 Å². The molecule has 1 fully saturated rings. The minimum Gasteiger partial charge on any atom is -0.455 e. The fourth-order valence-corrected chi connectivity index (χ4v) is 2.75. The molecule has 0 unspecified atom stereocenters. The van der Waals surface area contributed by atoms with E-state index in [2.05, 4.69) is 10.9 Å². The van der Waals surface area contributed by atoms with Crippen LogP contribution in [0.5, 0.6) is 0 Å². The molecule has 3 amide bonds. The Morgan fingerprint density at radius 3 is 2.33 bits per heavy atom. The molecule has 30 heavy (non-hydrogen) atoms. The summed E-state index contributed by atoms with van der Waals surface area (Å²) >= 11 is 0. The number of benzene rings is 1. The van der Waals surface area contributed by atoms with Gasteiger partial charge in [-0.25, -0.2) is 9.18 Å². The summed E-state index contributed by atoms with van der Waals surface area (Å²) in [6, 6.07) is 5.30. The van der Waals surface area contributed by atoms with Gasteiger partial charge in [0.2, 0.25) is 0 Å². The molecule has 2 N–H and O–H groups in total. The van der Waals surface area contributed by atoms with Crippen LogP contribution in [0.15, 0.2) is 24.3 Å². The van der Waals surface area contributed by atoms with E-state index < -0.39 is 47.8 Å². The molecule has 0 aliphatic carbocycles. The van der Waals surface area contributed by atoms with Gasteiger partial charge in [-0.3, -0.25) is 25.2 Å². The van der Waals surface area contributed by atoms with Crippen LogP contribution < -0.4 is 10.9 Å². The van der Waals surface area contributed by atoms with Crippen molar-refractivity contribution in [1.29, 1.82) is 0 Å². The van der Waals surface area contributed by atoms with Crippen molar-refractivity contribution in [2.75, 3.05) is 19.7 Å². The Bertz CT molecular complexity index is 800. The molecule has 1 aliphatic heterocycles. The summed E-state index contributed by atoms with van der Waals surface area (Å²) in [6.45, 7) is 5.43. The van der Waals surface area contributed by atoms with Crippen LogP contribution in [0.2, 0.25) is 0 Å². The summed E-state index contributed by atoms with van der Waals surface area (Å²) in [5.41, 5.74) is 3.28. The minimum atomic E-state index is -0.831. The summed E-state index contributed by atoms with van der Waals surface area (Å²) in [4.78, 5) is 49.3. The van der Waals surface area contributed by atoms with Gasteiger partial charge in [0.1, 0.15) is 11.4 Å². The van der Waals surface area contributed by atoms with E-state index in [0.717, 1.165) is 6.07 Å². The molecule has 0 saturated carbocycles. The fourth-order valence-electron chi connectivity index (χ4n) is 2.75. The van der Waals surface area contributed by atoms with E-state index in [0.29, 0.717) is 25.9 Å². The van der Waals surface area contributed by atoms with Crippen molar-refractivity contribution in [3.63, 3.8) is 0 Å². The number of amides is 3. The molecule has 1 saturated heterocycles. The van der Waals surface area contributed by atoms with Crippen LogP contribution in [0, 0.1) is 11.7 Å². The molecule has 1 aromatic carbocycles. The Morgan fingerprint density at radius 2 is 1.73 bits per heavy atom. The van der Waals surface area contributed by atoms with Gasteiger partial charge in [0.15, 0.2) is 6.61 Å². The normalized spacial score (nSPS) is 14.6. The summed E-state index contributed by atoms with van der Waals surface area (Å²) < 4.78 is 23.8. The van der Waals surface area contributed by atoms with E-state index in [-0.39, 0.29) is 5.56 Å². The summed E-state index contributed by atoms with van der Waals surface area (Å²) in [7, 11) is 0. The number of hydrogen-bond acceptors (Lipinski definition) is 6. The van der Waals surface area contributed by atoms with Crippen LogP contribution in [0.4, 0.5) is 9.18 Å². The smallest absolute Gasteiger partial charge is 0.410 e. The van der Waals surface area contributed by atoms with Crippen molar-refractivity contribution in [2.24, 2.45) is 5.92 Å². The first kappa shape index (κ1) is 23.1. The molecule has 10 heteroatoms. The number of piperidine rings is 1. The zero-order valence-electron chi connectivity index (χ0n) is 17.2. The number of carbonyl (C=O) groups is 4. The monoisotopic (exact) mass is 423 g/mol. The van der Waals surface area contributed by atoms with Gasteiger partial charge in [0, 0.05) is 13.1 Å². The molecule has 0 aromatic heterocycles. The molecule has 9 nitrogen and oxygen atoms in total. The molecular weight excluding hydrogens is 397 g/mol. The lowest BCUT2D eigenvalue weighted by atomic mass is 9.97. The van der Waals surface area contributed by atoms with Gasteiger partial charge in [-0.2, -0.15) is 0 Å². The maximum atomic E-state index is 13.5. The molecule has 0 bridgehead atoms. The molecule has 0 atom stereocenters. The van der Waals surface area contributed by atoms with Gasteiger partial charge in [0.05, 0.1) is 11.5 Å². The van der Waals surface area contributed by atoms with Crippen molar-refractivity contribution >= 4 is 23.9 Å². The van der Waals surface area contributed by atoms with Crippen LogP contribution in [0.1, 0.15) is 44.0 Å². The van der Waals surface area contributed by atoms with E-state index >= 15 is 0 Å². The Kier molecular flexibility index (Phi) is 7.73. The van der Waals surface area contributed by atoms with Crippen molar-refractivity contribution in [1.82, 2.24) is 15.8 Å². The van der Waals surface area contributed by atoms with E-state index in [1.54, 1.807) is 20.8 Å². The van der Waals surface area contributed by atoms with Crippen molar-refractivity contribution in [3.8, 4) is 0 Å². The van der Waals surface area contributed by atoms with Gasteiger partial charge >= 0.3 is 12.1 Å². The van der Waals surface area contributed by atoms with Gasteiger partial charge in [-0.1, -0.05) is 12.1 Å². The maximum absolute atomic E-state index is 13.5. The highest BCUT2D eigenvalue weighted by molar-refractivity contribution is 5.95. The molecule has 1 aliphatic rings. The highest BCUT2D eigenvalue weighted by Gasteiger charge is 2.31. The third-order valence-electron chi connectivity index (χ3n) is 4.26. The maximum Gasteiger partial charge on any atom is 0.410 e. The van der Waals surface area contributed by atoms with E-state index in [1.165, 1.54) is 23.1 Å². The van der Waals surface area contributed by atoms with E-state index in [1.807, 2.05) is 0 Å². The molecule has 2 rings (SSSR count). The number of nitrogens with one attached hydrogen (secondary N) is 2. The fraction of sp³-hybridized carbons (Fsp3) is 0.500. The number of esters is 1. The number of hydrogen-bond donors (Lipinski definition) is 2. The summed E-state index contributed by atoms with van der Waals surface area (Å²) in [5.74, 6) is -3.33. The average molecular weight is 423 g/mol. The second-order valence-electron chi connectivity index (χ2n) is 7.83. The van der Waals surface area contributed by atoms with Gasteiger partial charge in [-0.15, -0.1) is 0 Å². The zero-order chi connectivity index (χ0) is 22.3. The molecule has 1 aromatic rings. The SMILES string of the molecule is CC(C)(C)OC(=O)N1CCC(C(=O)OCC(=O)NNC(=O)c2ccccc2F)CC1. The van der Waals surface area contributed by atoms with Crippen LogP contribution in [0.3, 0.4) is 0 Å². The second kappa shape index (κ2) is 10.0. The lowest BCUT2D eigenvalue weighted by Gasteiger charge is -2.32. The number of likely N-dealkylation sites (tertiary alicyclic amines) is 1. The van der Waals surface area contributed by atoms with Gasteiger partial charge < -0.3 is 14.4 Å². The molecule has 0 radical (unpaired) electrons. The number of halogens is 1. The first-order chi connectivity index (χ1) is 14.1. The average Bonchev–Trinajstić information content (AvgIpc) is 2.69. The predicted molar refractivity (Wildman–Crippen MR) is 103 cm³/mol. The van der Waals surface area contributed by atoms with Gasteiger partial charge in [-0.05, 0) is 45.7 Å². The van der Waals surface area contributed by atoms with Crippen molar-refractivity contribution in [3.05, 3.63) is 35.6 Å². The Morgan fingerprint density at radius 1 is 1.10 bits per heavy atom. The highest BCUT2D eigenvalue weighted by Crippen LogP contribution is 2.20. The van der Waals surface area contributed by atoms with Crippen LogP contribution in [-0.2, 0) is 19.1 Å². The number of hydrazine groups is 1. The summed E-state index contributed by atoms with van der Waals surface area (Å²) in [6.07, 6.45) is 0.354. The summed E-state index contributed by atoms with van der Waals surface area (Å²) in [5, 5.41) is 0. The predicted octanol–water partition coefficient (Wildman–Crippen LogP) is 1.78. The Balaban J connectivity index is 1.69. The van der Waals surface area contributed by atoms with E-state index in [4.69, 9.17) is 9.47 Å². The van der Waals surface area contributed by atoms with Crippen molar-refractivity contribution < 1.29 is 33.0 Å². The lowest BCUT2D eigenvalue weighted by molar-refractivity contribution is -0.154.